The van der Waals surface area contributed by atoms with Crippen LogP contribution >= 0.6 is 11.3 Å². The first-order chi connectivity index (χ1) is 17.7. The van der Waals surface area contributed by atoms with Gasteiger partial charge in [0.25, 0.3) is 5.91 Å². The van der Waals surface area contributed by atoms with E-state index in [1.54, 1.807) is 43.3 Å². The molecule has 200 valence electrons. The largest absolute Gasteiger partial charge is 0.494 e. The number of nitrogens with one attached hydrogen (secondary N) is 1. The molecule has 0 aliphatic carbocycles. The number of hydrogen-bond donors (Lipinski definition) is 2. The zero-order valence-corrected chi connectivity index (χ0v) is 21.4. The maximum atomic E-state index is 12.9. The zero-order valence-electron chi connectivity index (χ0n) is 20.5. The number of carbonyl (C=O) groups excluding carboxylic acids is 1. The molecule has 37 heavy (non-hydrogen) atoms. The van der Waals surface area contributed by atoms with Crippen molar-refractivity contribution >= 4 is 38.3 Å². The Balaban J connectivity index is 1.41. The Kier molecular flexibility index (Phi) is 8.53. The van der Waals surface area contributed by atoms with E-state index in [1.165, 1.54) is 11.3 Å². The van der Waals surface area contributed by atoms with Gasteiger partial charge in [-0.05, 0) is 43.3 Å². The zero-order chi connectivity index (χ0) is 26.6. The number of halogens is 3. The number of rotatable bonds is 9. The molecular formula is C25H29F3N4O4S. The molecule has 1 amide bonds. The number of anilines is 2. The third-order valence-electron chi connectivity index (χ3n) is 6.11. The molecule has 8 nitrogen and oxygen atoms in total. The second-order valence-electron chi connectivity index (χ2n) is 8.82. The van der Waals surface area contributed by atoms with Crippen molar-refractivity contribution in [2.45, 2.75) is 25.2 Å². The summed E-state index contributed by atoms with van der Waals surface area (Å²) in [5.74, 6) is 0.305. The van der Waals surface area contributed by atoms with Crippen LogP contribution in [0.1, 0.15) is 22.3 Å². The number of thiazole rings is 1. The van der Waals surface area contributed by atoms with Crippen LogP contribution in [0.3, 0.4) is 0 Å². The highest BCUT2D eigenvalue weighted by Crippen LogP contribution is 2.39. The second-order valence-corrected chi connectivity index (χ2v) is 9.82. The SMILES string of the molecule is COc1ccc(N2CCOCC2)c2sc(NC(=O)c3ccc(CN(C)CCC(O)C(F)(F)F)cc3)nc12. The highest BCUT2D eigenvalue weighted by atomic mass is 32.1. The first-order valence-electron chi connectivity index (χ1n) is 11.8. The van der Waals surface area contributed by atoms with Crippen LogP contribution in [0.5, 0.6) is 5.75 Å². The third kappa shape index (κ3) is 6.69. The minimum atomic E-state index is -4.62. The molecule has 2 N–H and O–H groups in total. The molecule has 2 heterocycles. The second kappa shape index (κ2) is 11.6. The lowest BCUT2D eigenvalue weighted by Gasteiger charge is -2.29. The monoisotopic (exact) mass is 538 g/mol. The number of benzene rings is 2. The summed E-state index contributed by atoms with van der Waals surface area (Å²) in [4.78, 5) is 21.4. The van der Waals surface area contributed by atoms with Crippen molar-refractivity contribution < 1.29 is 32.5 Å². The lowest BCUT2D eigenvalue weighted by Crippen LogP contribution is -2.36. The topological polar surface area (TPSA) is 87.2 Å². The van der Waals surface area contributed by atoms with Crippen molar-refractivity contribution in [3.63, 3.8) is 0 Å². The molecule has 2 aromatic carbocycles. The van der Waals surface area contributed by atoms with E-state index in [-0.39, 0.29) is 12.5 Å². The Morgan fingerprint density at radius 2 is 1.95 bits per heavy atom. The molecule has 1 aliphatic heterocycles. The van der Waals surface area contributed by atoms with Gasteiger partial charge in [0.2, 0.25) is 0 Å². The highest BCUT2D eigenvalue weighted by molar-refractivity contribution is 7.23. The minimum absolute atomic E-state index is 0.0798. The van der Waals surface area contributed by atoms with Gasteiger partial charge in [-0.1, -0.05) is 23.5 Å². The van der Waals surface area contributed by atoms with E-state index in [9.17, 15) is 18.0 Å². The van der Waals surface area contributed by atoms with Crippen molar-refractivity contribution in [3.8, 4) is 5.75 Å². The molecule has 1 atom stereocenters. The van der Waals surface area contributed by atoms with Gasteiger partial charge in [0.05, 0.1) is 30.7 Å². The predicted octanol–water partition coefficient (Wildman–Crippen LogP) is 4.14. The van der Waals surface area contributed by atoms with Crippen LogP contribution in [0.25, 0.3) is 10.2 Å². The lowest BCUT2D eigenvalue weighted by molar-refractivity contribution is -0.206. The van der Waals surface area contributed by atoms with E-state index in [0.717, 1.165) is 29.0 Å². The van der Waals surface area contributed by atoms with E-state index in [0.29, 0.717) is 41.7 Å². The van der Waals surface area contributed by atoms with E-state index in [2.05, 4.69) is 15.2 Å². The van der Waals surface area contributed by atoms with Gasteiger partial charge in [-0.2, -0.15) is 13.2 Å². The lowest BCUT2D eigenvalue weighted by atomic mass is 10.1. The molecule has 1 aromatic heterocycles. The van der Waals surface area contributed by atoms with Crippen LogP contribution in [0.4, 0.5) is 24.0 Å². The maximum absolute atomic E-state index is 12.9. The summed E-state index contributed by atoms with van der Waals surface area (Å²) < 4.78 is 49.3. The molecule has 0 spiro atoms. The molecule has 0 radical (unpaired) electrons. The number of alkyl halides is 3. The van der Waals surface area contributed by atoms with Crippen LogP contribution in [-0.2, 0) is 11.3 Å². The van der Waals surface area contributed by atoms with Crippen molar-refractivity contribution in [1.29, 1.82) is 0 Å². The van der Waals surface area contributed by atoms with Crippen molar-refractivity contribution in [2.24, 2.45) is 0 Å². The number of methoxy groups -OCH3 is 1. The van der Waals surface area contributed by atoms with Crippen LogP contribution in [0.2, 0.25) is 0 Å². The number of fused-ring (bicyclic) bond motifs is 1. The van der Waals surface area contributed by atoms with Crippen molar-refractivity contribution in [2.75, 3.05) is 57.2 Å². The fourth-order valence-electron chi connectivity index (χ4n) is 4.07. The van der Waals surface area contributed by atoms with Gasteiger partial charge in [0, 0.05) is 31.7 Å². The fourth-order valence-corrected chi connectivity index (χ4v) is 5.09. The van der Waals surface area contributed by atoms with Crippen LogP contribution in [0.15, 0.2) is 36.4 Å². The van der Waals surface area contributed by atoms with Gasteiger partial charge >= 0.3 is 6.18 Å². The Bertz CT molecular complexity index is 1210. The Morgan fingerprint density at radius 3 is 2.59 bits per heavy atom. The summed E-state index contributed by atoms with van der Waals surface area (Å²) in [6, 6.07) is 10.7. The number of aliphatic hydroxyl groups excluding tert-OH is 1. The number of carbonyl (C=O) groups is 1. The standard InChI is InChI=1S/C25H29F3N4O4S/c1-31(10-9-20(33)25(26,27)28)15-16-3-5-17(6-4-16)23(34)30-24-29-21-19(35-2)8-7-18(22(21)37-24)32-11-13-36-14-12-32/h3-8,20,33H,9-15H2,1-2H3,(H,29,30,34). The molecule has 0 bridgehead atoms. The van der Waals surface area contributed by atoms with Gasteiger partial charge in [0.15, 0.2) is 11.2 Å². The summed E-state index contributed by atoms with van der Waals surface area (Å²) in [5.41, 5.74) is 2.97. The Morgan fingerprint density at radius 1 is 1.24 bits per heavy atom. The Labute approximate surface area is 216 Å². The average Bonchev–Trinajstić information content (AvgIpc) is 3.30. The molecule has 1 unspecified atom stereocenters. The summed E-state index contributed by atoms with van der Waals surface area (Å²) in [5, 5.41) is 12.5. The molecule has 1 saturated heterocycles. The molecular weight excluding hydrogens is 509 g/mol. The number of nitrogens with zero attached hydrogens (tertiary/aromatic N) is 3. The average molecular weight is 539 g/mol. The number of morpholine rings is 1. The molecule has 1 aliphatic rings. The minimum Gasteiger partial charge on any atom is -0.494 e. The molecule has 0 saturated carbocycles. The van der Waals surface area contributed by atoms with Crippen molar-refractivity contribution in [3.05, 3.63) is 47.5 Å². The number of ether oxygens (including phenoxy) is 2. The molecule has 12 heteroatoms. The summed E-state index contributed by atoms with van der Waals surface area (Å²) in [7, 11) is 3.26. The summed E-state index contributed by atoms with van der Waals surface area (Å²) in [6.07, 6.45) is -7.36. The number of aromatic nitrogens is 1. The van der Waals surface area contributed by atoms with Crippen LogP contribution in [-0.4, -0.2) is 80.2 Å². The number of aliphatic hydroxyl groups is 1. The van der Waals surface area contributed by atoms with Gasteiger partial charge < -0.3 is 24.4 Å². The normalized spacial score (nSPS) is 15.3. The maximum Gasteiger partial charge on any atom is 0.414 e. The predicted molar refractivity (Wildman–Crippen MR) is 137 cm³/mol. The van der Waals surface area contributed by atoms with Gasteiger partial charge in [-0.25, -0.2) is 4.98 Å². The fraction of sp³-hybridized carbons (Fsp3) is 0.440. The highest BCUT2D eigenvalue weighted by Gasteiger charge is 2.37. The first-order valence-corrected chi connectivity index (χ1v) is 12.6. The molecule has 1 fully saturated rings. The molecule has 3 aromatic rings. The van der Waals surface area contributed by atoms with E-state index in [1.807, 2.05) is 12.1 Å². The van der Waals surface area contributed by atoms with Crippen LogP contribution in [0, 0.1) is 0 Å². The van der Waals surface area contributed by atoms with Crippen molar-refractivity contribution in [1.82, 2.24) is 9.88 Å². The quantitative estimate of drug-likeness (QED) is 0.424. The third-order valence-corrected chi connectivity index (χ3v) is 7.10. The van der Waals surface area contributed by atoms with E-state index in [4.69, 9.17) is 14.6 Å². The van der Waals surface area contributed by atoms with E-state index >= 15 is 0 Å². The summed E-state index contributed by atoms with van der Waals surface area (Å²) in [6.45, 7) is 3.30. The number of amides is 1. The van der Waals surface area contributed by atoms with Gasteiger partial charge in [-0.3, -0.25) is 10.1 Å². The number of hydrogen-bond acceptors (Lipinski definition) is 8. The van der Waals surface area contributed by atoms with Gasteiger partial charge in [0.1, 0.15) is 11.3 Å². The van der Waals surface area contributed by atoms with E-state index < -0.39 is 18.7 Å². The Hall–Kier alpha value is -2.93. The molecule has 4 rings (SSSR count). The van der Waals surface area contributed by atoms with Gasteiger partial charge in [-0.15, -0.1) is 0 Å². The first kappa shape index (κ1) is 27.1. The van der Waals surface area contributed by atoms with Crippen LogP contribution < -0.4 is 15.0 Å². The summed E-state index contributed by atoms with van der Waals surface area (Å²) >= 11 is 1.38. The smallest absolute Gasteiger partial charge is 0.414 e.